The van der Waals surface area contributed by atoms with E-state index >= 15 is 0 Å². The molecular weight excluding hydrogens is 182 g/mol. The van der Waals surface area contributed by atoms with E-state index in [-0.39, 0.29) is 6.42 Å². The molecule has 0 aromatic heterocycles. The van der Waals surface area contributed by atoms with Gasteiger partial charge in [-0.2, -0.15) is 0 Å². The van der Waals surface area contributed by atoms with Gasteiger partial charge in [-0.25, -0.2) is 0 Å². The number of hydrogen-bond acceptors (Lipinski definition) is 3. The summed E-state index contributed by atoms with van der Waals surface area (Å²) in [5.41, 5.74) is 0. The molecule has 78 valence electrons. The molecule has 1 N–H and O–H groups in total. The van der Waals surface area contributed by atoms with E-state index in [0.717, 1.165) is 32.8 Å². The Morgan fingerprint density at radius 3 is 2.71 bits per heavy atom. The molecule has 0 amide bonds. The number of carboxylic acid groups (broad SMARTS) is 1. The molecule has 0 spiro atoms. The Balaban J connectivity index is 2.08. The summed E-state index contributed by atoms with van der Waals surface area (Å²) in [4.78, 5) is 12.4. The Labute approximate surface area is 83.8 Å². The fraction of sp³-hybridized carbons (Fsp3) is 0.700. The quantitative estimate of drug-likeness (QED) is 0.656. The van der Waals surface area contributed by atoms with E-state index in [1.54, 1.807) is 0 Å². The molecule has 0 unspecified atom stereocenters. The summed E-state index contributed by atoms with van der Waals surface area (Å²) in [6, 6.07) is 0. The first-order valence-corrected chi connectivity index (χ1v) is 4.76. The lowest BCUT2D eigenvalue weighted by atomic mass is 10.3. The van der Waals surface area contributed by atoms with Gasteiger partial charge in [0.1, 0.15) is 0 Å². The third-order valence-corrected chi connectivity index (χ3v) is 2.00. The molecule has 0 aromatic rings. The van der Waals surface area contributed by atoms with E-state index in [1.807, 2.05) is 0 Å². The number of aliphatic carboxylic acids is 1. The molecule has 0 aliphatic carbocycles. The number of hydrogen-bond donors (Lipinski definition) is 1. The van der Waals surface area contributed by atoms with Gasteiger partial charge in [0.05, 0.1) is 26.2 Å². The first-order chi connectivity index (χ1) is 6.79. The van der Waals surface area contributed by atoms with Gasteiger partial charge in [-0.05, 0) is 0 Å². The average molecular weight is 197 g/mol. The van der Waals surface area contributed by atoms with Crippen LogP contribution in [0.2, 0.25) is 0 Å². The first kappa shape index (κ1) is 11.0. The van der Waals surface area contributed by atoms with Crippen molar-refractivity contribution in [3.8, 4) is 11.8 Å². The fourth-order valence-electron chi connectivity index (χ4n) is 1.18. The van der Waals surface area contributed by atoms with Gasteiger partial charge in [0.15, 0.2) is 0 Å². The molecule has 1 aliphatic rings. The maximum Gasteiger partial charge on any atom is 0.304 e. The lowest BCUT2D eigenvalue weighted by molar-refractivity contribution is -0.136. The van der Waals surface area contributed by atoms with Crippen LogP contribution in [0.15, 0.2) is 0 Å². The predicted molar refractivity (Wildman–Crippen MR) is 51.9 cm³/mol. The average Bonchev–Trinajstić information content (AvgIpc) is 2.18. The number of ether oxygens (including phenoxy) is 1. The van der Waals surface area contributed by atoms with Crippen LogP contribution < -0.4 is 0 Å². The lowest BCUT2D eigenvalue weighted by Crippen LogP contribution is -2.36. The summed E-state index contributed by atoms with van der Waals surface area (Å²) < 4.78 is 5.19. The lowest BCUT2D eigenvalue weighted by Gasteiger charge is -2.24. The van der Waals surface area contributed by atoms with Crippen LogP contribution in [0.1, 0.15) is 12.8 Å². The Bertz CT molecular complexity index is 235. The zero-order valence-electron chi connectivity index (χ0n) is 8.16. The van der Waals surface area contributed by atoms with Gasteiger partial charge in [0.2, 0.25) is 0 Å². The molecule has 0 atom stereocenters. The number of carboxylic acids is 1. The fourth-order valence-corrected chi connectivity index (χ4v) is 1.18. The SMILES string of the molecule is O=C(O)CCC#CCN1CCOCC1. The molecule has 14 heavy (non-hydrogen) atoms. The Hall–Kier alpha value is -1.05. The minimum Gasteiger partial charge on any atom is -0.481 e. The van der Waals surface area contributed by atoms with Gasteiger partial charge < -0.3 is 9.84 Å². The molecule has 0 aromatic carbocycles. The highest BCUT2D eigenvalue weighted by Crippen LogP contribution is 1.94. The van der Waals surface area contributed by atoms with E-state index < -0.39 is 5.97 Å². The number of nitrogens with zero attached hydrogens (tertiary/aromatic N) is 1. The second-order valence-electron chi connectivity index (χ2n) is 3.14. The van der Waals surface area contributed by atoms with Crippen molar-refractivity contribution in [3.05, 3.63) is 0 Å². The van der Waals surface area contributed by atoms with Gasteiger partial charge in [-0.3, -0.25) is 9.69 Å². The van der Waals surface area contributed by atoms with Gasteiger partial charge in [0, 0.05) is 19.5 Å². The summed E-state index contributed by atoms with van der Waals surface area (Å²) in [6.45, 7) is 4.12. The largest absolute Gasteiger partial charge is 0.481 e. The van der Waals surface area contributed by atoms with Crippen LogP contribution >= 0.6 is 0 Å². The molecule has 0 radical (unpaired) electrons. The molecule has 4 heteroatoms. The first-order valence-electron chi connectivity index (χ1n) is 4.76. The molecule has 0 saturated carbocycles. The van der Waals surface area contributed by atoms with E-state index in [4.69, 9.17) is 9.84 Å². The Kier molecular flexibility index (Phi) is 5.05. The number of rotatable bonds is 3. The number of carbonyl (C=O) groups is 1. The van der Waals surface area contributed by atoms with Crippen molar-refractivity contribution in [1.29, 1.82) is 0 Å². The minimum absolute atomic E-state index is 0.135. The maximum absolute atomic E-state index is 10.2. The maximum atomic E-state index is 10.2. The topological polar surface area (TPSA) is 49.8 Å². The van der Waals surface area contributed by atoms with Crippen LogP contribution in [0, 0.1) is 11.8 Å². The van der Waals surface area contributed by atoms with Crippen LogP contribution in [-0.4, -0.2) is 48.8 Å². The second kappa shape index (κ2) is 6.41. The molecular formula is C10H15NO3. The molecule has 1 fully saturated rings. The standard InChI is InChI=1S/C10H15NO3/c12-10(13)4-2-1-3-5-11-6-8-14-9-7-11/h2,4-9H2,(H,12,13). The van der Waals surface area contributed by atoms with Crippen molar-refractivity contribution in [2.75, 3.05) is 32.8 Å². The predicted octanol–water partition coefficient (Wildman–Crippen LogP) is 0.187. The van der Waals surface area contributed by atoms with Crippen molar-refractivity contribution in [1.82, 2.24) is 4.90 Å². The molecule has 1 saturated heterocycles. The smallest absolute Gasteiger partial charge is 0.304 e. The van der Waals surface area contributed by atoms with E-state index in [9.17, 15) is 4.79 Å². The summed E-state index contributed by atoms with van der Waals surface area (Å²) in [5, 5.41) is 8.37. The molecule has 1 heterocycles. The summed E-state index contributed by atoms with van der Waals surface area (Å²) in [7, 11) is 0. The van der Waals surface area contributed by atoms with Gasteiger partial charge in [-0.1, -0.05) is 5.92 Å². The van der Waals surface area contributed by atoms with E-state index in [0.29, 0.717) is 6.42 Å². The van der Waals surface area contributed by atoms with Gasteiger partial charge in [0.25, 0.3) is 0 Å². The van der Waals surface area contributed by atoms with Gasteiger partial charge in [-0.15, -0.1) is 5.92 Å². The third kappa shape index (κ3) is 4.85. The van der Waals surface area contributed by atoms with Crippen LogP contribution in [-0.2, 0) is 9.53 Å². The monoisotopic (exact) mass is 197 g/mol. The Morgan fingerprint density at radius 1 is 1.36 bits per heavy atom. The highest BCUT2D eigenvalue weighted by Gasteiger charge is 2.07. The Morgan fingerprint density at radius 2 is 2.07 bits per heavy atom. The van der Waals surface area contributed by atoms with E-state index in [1.165, 1.54) is 0 Å². The molecule has 0 bridgehead atoms. The minimum atomic E-state index is -0.786. The van der Waals surface area contributed by atoms with Crippen molar-refractivity contribution in [2.45, 2.75) is 12.8 Å². The zero-order chi connectivity index (χ0) is 10.2. The number of morpholine rings is 1. The van der Waals surface area contributed by atoms with Crippen molar-refractivity contribution in [2.24, 2.45) is 0 Å². The van der Waals surface area contributed by atoms with Crippen LogP contribution in [0.4, 0.5) is 0 Å². The normalized spacial score (nSPS) is 17.1. The summed E-state index contributed by atoms with van der Waals surface area (Å²) in [5.74, 6) is 5.03. The highest BCUT2D eigenvalue weighted by atomic mass is 16.5. The molecule has 4 nitrogen and oxygen atoms in total. The zero-order valence-corrected chi connectivity index (χ0v) is 8.16. The highest BCUT2D eigenvalue weighted by molar-refractivity contribution is 5.66. The van der Waals surface area contributed by atoms with Gasteiger partial charge >= 0.3 is 5.97 Å². The molecule has 1 aliphatic heterocycles. The second-order valence-corrected chi connectivity index (χ2v) is 3.14. The van der Waals surface area contributed by atoms with Crippen molar-refractivity contribution in [3.63, 3.8) is 0 Å². The van der Waals surface area contributed by atoms with Crippen LogP contribution in [0.5, 0.6) is 0 Å². The van der Waals surface area contributed by atoms with Crippen molar-refractivity contribution < 1.29 is 14.6 Å². The summed E-state index contributed by atoms with van der Waals surface area (Å²) in [6.07, 6.45) is 0.579. The molecule has 1 rings (SSSR count). The third-order valence-electron chi connectivity index (χ3n) is 2.00. The van der Waals surface area contributed by atoms with Crippen molar-refractivity contribution >= 4 is 5.97 Å². The summed E-state index contributed by atoms with van der Waals surface area (Å²) >= 11 is 0. The van der Waals surface area contributed by atoms with E-state index in [2.05, 4.69) is 16.7 Å². The van der Waals surface area contributed by atoms with Crippen LogP contribution in [0.25, 0.3) is 0 Å². The van der Waals surface area contributed by atoms with Crippen LogP contribution in [0.3, 0.4) is 0 Å².